The van der Waals surface area contributed by atoms with Gasteiger partial charge in [-0.25, -0.2) is 9.97 Å². The van der Waals surface area contributed by atoms with Crippen LogP contribution in [0.3, 0.4) is 0 Å². The summed E-state index contributed by atoms with van der Waals surface area (Å²) in [5, 5.41) is 3.40. The quantitative estimate of drug-likeness (QED) is 0.918. The zero-order valence-corrected chi connectivity index (χ0v) is 13.5. The molecule has 2 rings (SSSR count). The summed E-state index contributed by atoms with van der Waals surface area (Å²) < 4.78 is 0. The van der Waals surface area contributed by atoms with Gasteiger partial charge in [0.05, 0.1) is 6.04 Å². The van der Waals surface area contributed by atoms with Crippen molar-refractivity contribution in [3.05, 3.63) is 23.3 Å². The molecule has 1 N–H and O–H groups in total. The van der Waals surface area contributed by atoms with E-state index in [4.69, 9.17) is 9.97 Å². The summed E-state index contributed by atoms with van der Waals surface area (Å²) in [5.41, 5.74) is 2.33. The van der Waals surface area contributed by atoms with Gasteiger partial charge in [0.2, 0.25) is 0 Å². The van der Waals surface area contributed by atoms with Crippen molar-refractivity contribution in [2.45, 2.75) is 52.5 Å². The van der Waals surface area contributed by atoms with Crippen LogP contribution in [-0.2, 0) is 0 Å². The van der Waals surface area contributed by atoms with Crippen LogP contribution < -0.4 is 5.32 Å². The van der Waals surface area contributed by atoms with Crippen LogP contribution in [0.4, 0.5) is 0 Å². The van der Waals surface area contributed by atoms with Crippen molar-refractivity contribution in [1.82, 2.24) is 20.2 Å². The molecule has 1 saturated heterocycles. The van der Waals surface area contributed by atoms with Crippen molar-refractivity contribution >= 4 is 0 Å². The molecular weight excluding hydrogens is 248 g/mol. The summed E-state index contributed by atoms with van der Waals surface area (Å²) >= 11 is 0. The number of rotatable bonds is 4. The lowest BCUT2D eigenvalue weighted by Gasteiger charge is -2.32. The van der Waals surface area contributed by atoms with Crippen LogP contribution in [0.2, 0.25) is 0 Å². The highest BCUT2D eigenvalue weighted by Gasteiger charge is 2.22. The van der Waals surface area contributed by atoms with E-state index >= 15 is 0 Å². The lowest BCUT2D eigenvalue weighted by Crippen LogP contribution is -2.44. The Balaban J connectivity index is 2.28. The van der Waals surface area contributed by atoms with Gasteiger partial charge in [0.25, 0.3) is 0 Å². The first-order valence-electron chi connectivity index (χ1n) is 7.82. The highest BCUT2D eigenvalue weighted by Crippen LogP contribution is 2.23. The molecule has 0 amide bonds. The van der Waals surface area contributed by atoms with Gasteiger partial charge in [0.1, 0.15) is 5.82 Å². The zero-order valence-electron chi connectivity index (χ0n) is 13.5. The summed E-state index contributed by atoms with van der Waals surface area (Å²) in [6.45, 7) is 15.3. The van der Waals surface area contributed by atoms with Crippen LogP contribution in [0.1, 0.15) is 69.7 Å². The molecule has 1 aromatic heterocycles. The van der Waals surface area contributed by atoms with Crippen molar-refractivity contribution < 1.29 is 0 Å². The molecule has 1 aliphatic heterocycles. The summed E-state index contributed by atoms with van der Waals surface area (Å²) in [6.07, 6.45) is 0. The maximum atomic E-state index is 4.82. The number of aromatic nitrogens is 2. The first kappa shape index (κ1) is 15.4. The van der Waals surface area contributed by atoms with Crippen molar-refractivity contribution in [2.24, 2.45) is 0 Å². The van der Waals surface area contributed by atoms with E-state index < -0.39 is 0 Å². The molecule has 4 heteroatoms. The largest absolute Gasteiger partial charge is 0.314 e. The fraction of sp³-hybridized carbons (Fsp3) is 0.750. The molecule has 0 saturated carbocycles. The zero-order chi connectivity index (χ0) is 14.7. The Morgan fingerprint density at radius 2 is 1.45 bits per heavy atom. The van der Waals surface area contributed by atoms with Gasteiger partial charge < -0.3 is 5.32 Å². The van der Waals surface area contributed by atoms with Crippen LogP contribution in [-0.4, -0.2) is 41.0 Å². The van der Waals surface area contributed by atoms with Crippen molar-refractivity contribution in [3.8, 4) is 0 Å². The van der Waals surface area contributed by atoms with Gasteiger partial charge in [-0.1, -0.05) is 27.7 Å². The van der Waals surface area contributed by atoms with Crippen molar-refractivity contribution in [1.29, 1.82) is 0 Å². The van der Waals surface area contributed by atoms with E-state index in [1.54, 1.807) is 0 Å². The summed E-state index contributed by atoms with van der Waals surface area (Å²) in [7, 11) is 0. The monoisotopic (exact) mass is 276 g/mol. The molecule has 0 aliphatic carbocycles. The van der Waals surface area contributed by atoms with Crippen molar-refractivity contribution in [2.75, 3.05) is 26.2 Å². The molecule has 2 heterocycles. The summed E-state index contributed by atoms with van der Waals surface area (Å²) in [6, 6.07) is 2.47. The molecule has 1 aromatic rings. The standard InChI is InChI=1S/C16H28N4/c1-11(2)14-10-15(12(3)4)19-16(18-14)13(5)20-8-6-17-7-9-20/h10-13,17H,6-9H2,1-5H3. The maximum absolute atomic E-state index is 4.82. The molecular formula is C16H28N4. The van der Waals surface area contributed by atoms with E-state index in [0.29, 0.717) is 17.9 Å². The third kappa shape index (κ3) is 3.55. The number of nitrogens with zero attached hydrogens (tertiary/aromatic N) is 3. The second-order valence-corrected chi connectivity index (χ2v) is 6.35. The minimum atomic E-state index is 0.299. The van der Waals surface area contributed by atoms with Gasteiger partial charge in [-0.05, 0) is 24.8 Å². The molecule has 0 radical (unpaired) electrons. The van der Waals surface area contributed by atoms with E-state index in [-0.39, 0.29) is 0 Å². The lowest BCUT2D eigenvalue weighted by molar-refractivity contribution is 0.178. The fourth-order valence-corrected chi connectivity index (χ4v) is 2.52. The van der Waals surface area contributed by atoms with Crippen LogP contribution in [0.25, 0.3) is 0 Å². The van der Waals surface area contributed by atoms with Gasteiger partial charge in [0, 0.05) is 37.6 Å². The average molecular weight is 276 g/mol. The second-order valence-electron chi connectivity index (χ2n) is 6.35. The minimum Gasteiger partial charge on any atom is -0.314 e. The first-order chi connectivity index (χ1) is 9.49. The number of hydrogen-bond donors (Lipinski definition) is 1. The maximum Gasteiger partial charge on any atom is 0.145 e. The highest BCUT2D eigenvalue weighted by molar-refractivity contribution is 5.18. The number of hydrogen-bond acceptors (Lipinski definition) is 4. The van der Waals surface area contributed by atoms with E-state index in [9.17, 15) is 0 Å². The third-order valence-electron chi connectivity index (χ3n) is 4.04. The molecule has 1 unspecified atom stereocenters. The van der Waals surface area contributed by atoms with Gasteiger partial charge >= 0.3 is 0 Å². The van der Waals surface area contributed by atoms with Crippen LogP contribution in [0, 0.1) is 0 Å². The van der Waals surface area contributed by atoms with Gasteiger partial charge in [0.15, 0.2) is 0 Å². The fourth-order valence-electron chi connectivity index (χ4n) is 2.52. The molecule has 0 aromatic carbocycles. The predicted octanol–water partition coefficient (Wildman–Crippen LogP) is 2.69. The van der Waals surface area contributed by atoms with E-state index in [1.807, 2.05) is 0 Å². The molecule has 1 aliphatic rings. The number of piperazine rings is 1. The Kier molecular flexibility index (Phi) is 5.11. The molecule has 1 atom stereocenters. The molecule has 112 valence electrons. The highest BCUT2D eigenvalue weighted by atomic mass is 15.2. The predicted molar refractivity (Wildman–Crippen MR) is 83.1 cm³/mol. The Morgan fingerprint density at radius 3 is 1.90 bits per heavy atom. The minimum absolute atomic E-state index is 0.299. The van der Waals surface area contributed by atoms with Gasteiger partial charge in [-0.15, -0.1) is 0 Å². The van der Waals surface area contributed by atoms with E-state index in [2.05, 4.69) is 50.9 Å². The average Bonchev–Trinajstić information content (AvgIpc) is 2.46. The van der Waals surface area contributed by atoms with Crippen LogP contribution in [0.15, 0.2) is 6.07 Å². The second kappa shape index (κ2) is 6.64. The van der Waals surface area contributed by atoms with Gasteiger partial charge in [-0.2, -0.15) is 0 Å². The summed E-state index contributed by atoms with van der Waals surface area (Å²) in [4.78, 5) is 12.1. The smallest absolute Gasteiger partial charge is 0.145 e. The van der Waals surface area contributed by atoms with E-state index in [0.717, 1.165) is 32.0 Å². The Hall–Kier alpha value is -1.00. The van der Waals surface area contributed by atoms with Crippen LogP contribution in [0.5, 0.6) is 0 Å². The Morgan fingerprint density at radius 1 is 0.950 bits per heavy atom. The van der Waals surface area contributed by atoms with Gasteiger partial charge in [-0.3, -0.25) is 4.90 Å². The first-order valence-corrected chi connectivity index (χ1v) is 7.82. The Bertz CT molecular complexity index is 410. The van der Waals surface area contributed by atoms with Crippen molar-refractivity contribution in [3.63, 3.8) is 0 Å². The molecule has 0 spiro atoms. The molecule has 4 nitrogen and oxygen atoms in total. The summed E-state index contributed by atoms with van der Waals surface area (Å²) in [5.74, 6) is 1.88. The molecule has 0 bridgehead atoms. The normalized spacial score (nSPS) is 18.8. The molecule has 20 heavy (non-hydrogen) atoms. The lowest BCUT2D eigenvalue weighted by atomic mass is 10.0. The third-order valence-corrected chi connectivity index (χ3v) is 4.04. The SMILES string of the molecule is CC(C)c1cc(C(C)C)nc(C(C)N2CCNCC2)n1. The van der Waals surface area contributed by atoms with E-state index in [1.165, 1.54) is 11.4 Å². The topological polar surface area (TPSA) is 41.1 Å². The molecule has 1 fully saturated rings. The van der Waals surface area contributed by atoms with Crippen LogP contribution >= 0.6 is 0 Å². The Labute approximate surface area is 123 Å². The number of nitrogens with one attached hydrogen (secondary N) is 1.